The summed E-state index contributed by atoms with van der Waals surface area (Å²) in [6.45, 7) is 18.8. The highest BCUT2D eigenvalue weighted by Gasteiger charge is 2.69. The van der Waals surface area contributed by atoms with Gasteiger partial charge in [-0.25, -0.2) is 4.79 Å². The average Bonchev–Trinajstić information content (AvgIpc) is 3.22. The standard InChI is InChI=1S/C31H50N4O8/c1-10-12-20(25(37)27(39)32-15-11-2)33-26(38)24-23-19(31(23,8)9)16-35(24)28(40)21(34-29(41)42-17-18(3)4)13-14-22(36)43-30(5,6)7/h11,18-21,23-24H,2,10,12-17H2,1,3-9H3,(H,32,39)(H,33,38)(H,34,41)/t19?,20?,21?,23?,24-/m0/s1. The molecule has 1 aliphatic heterocycles. The van der Waals surface area contributed by atoms with Crippen LogP contribution in [0, 0.1) is 23.2 Å². The predicted molar refractivity (Wildman–Crippen MR) is 160 cm³/mol. The summed E-state index contributed by atoms with van der Waals surface area (Å²) in [5, 5.41) is 7.76. The molecule has 242 valence electrons. The van der Waals surface area contributed by atoms with Crippen molar-refractivity contribution in [2.75, 3.05) is 19.7 Å². The minimum atomic E-state index is -1.15. The van der Waals surface area contributed by atoms with Gasteiger partial charge in [0, 0.05) is 19.5 Å². The van der Waals surface area contributed by atoms with Crippen molar-refractivity contribution in [2.24, 2.45) is 23.2 Å². The number of ketones is 1. The Labute approximate surface area is 255 Å². The van der Waals surface area contributed by atoms with Gasteiger partial charge in [-0.15, -0.1) is 6.58 Å². The van der Waals surface area contributed by atoms with Crippen LogP contribution in [0.3, 0.4) is 0 Å². The third-order valence-corrected chi connectivity index (χ3v) is 7.80. The van der Waals surface area contributed by atoms with Crippen LogP contribution in [0.4, 0.5) is 4.79 Å². The van der Waals surface area contributed by atoms with Gasteiger partial charge in [-0.2, -0.15) is 0 Å². The molecular formula is C31H50N4O8. The minimum Gasteiger partial charge on any atom is -0.460 e. The fourth-order valence-electron chi connectivity index (χ4n) is 5.58. The van der Waals surface area contributed by atoms with Crippen LogP contribution in [0.25, 0.3) is 0 Å². The van der Waals surface area contributed by atoms with Crippen molar-refractivity contribution in [2.45, 2.75) is 105 Å². The lowest BCUT2D eigenvalue weighted by molar-refractivity contribution is -0.155. The molecule has 0 aromatic rings. The van der Waals surface area contributed by atoms with Crippen molar-refractivity contribution in [1.29, 1.82) is 0 Å². The lowest BCUT2D eigenvalue weighted by Gasteiger charge is -2.33. The molecular weight excluding hydrogens is 556 g/mol. The number of fused-ring (bicyclic) bond motifs is 1. The van der Waals surface area contributed by atoms with E-state index in [1.807, 2.05) is 34.6 Å². The summed E-state index contributed by atoms with van der Waals surface area (Å²) >= 11 is 0. The Morgan fingerprint density at radius 2 is 1.70 bits per heavy atom. The second kappa shape index (κ2) is 14.8. The van der Waals surface area contributed by atoms with Crippen LogP contribution in [-0.4, -0.2) is 83.9 Å². The second-order valence-corrected chi connectivity index (χ2v) is 13.4. The molecule has 0 aromatic carbocycles. The number of alkyl carbamates (subject to hydrolysis) is 1. The van der Waals surface area contributed by atoms with Gasteiger partial charge < -0.3 is 30.3 Å². The molecule has 2 aliphatic rings. The number of hydrogen-bond acceptors (Lipinski definition) is 8. The van der Waals surface area contributed by atoms with E-state index in [0.717, 1.165) is 0 Å². The third-order valence-electron chi connectivity index (χ3n) is 7.80. The number of carbonyl (C=O) groups is 6. The fourth-order valence-corrected chi connectivity index (χ4v) is 5.58. The minimum absolute atomic E-state index is 0.0304. The number of nitrogens with one attached hydrogen (secondary N) is 3. The van der Waals surface area contributed by atoms with E-state index in [9.17, 15) is 28.8 Å². The van der Waals surface area contributed by atoms with Crippen molar-refractivity contribution in [3.8, 4) is 0 Å². The molecule has 12 nitrogen and oxygen atoms in total. The van der Waals surface area contributed by atoms with E-state index in [-0.39, 0.29) is 62.1 Å². The summed E-state index contributed by atoms with van der Waals surface area (Å²) in [4.78, 5) is 79.4. The molecule has 4 amide bonds. The summed E-state index contributed by atoms with van der Waals surface area (Å²) in [6, 6.07) is -3.14. The van der Waals surface area contributed by atoms with Gasteiger partial charge >= 0.3 is 12.1 Å². The number of piperidine rings is 1. The zero-order valence-electron chi connectivity index (χ0n) is 26.9. The molecule has 0 spiro atoms. The maximum absolute atomic E-state index is 14.0. The number of rotatable bonds is 15. The lowest BCUT2D eigenvalue weighted by atomic mass is 9.98. The Morgan fingerprint density at radius 1 is 1.05 bits per heavy atom. The zero-order valence-corrected chi connectivity index (χ0v) is 26.9. The molecule has 0 bridgehead atoms. The highest BCUT2D eigenvalue weighted by Crippen LogP contribution is 2.64. The summed E-state index contributed by atoms with van der Waals surface area (Å²) in [6.07, 6.45) is 1.21. The summed E-state index contributed by atoms with van der Waals surface area (Å²) < 4.78 is 10.6. The number of hydrogen-bond donors (Lipinski definition) is 3. The maximum Gasteiger partial charge on any atom is 0.407 e. The smallest absolute Gasteiger partial charge is 0.407 e. The number of nitrogens with zero attached hydrogens (tertiary/aromatic N) is 1. The topological polar surface area (TPSA) is 160 Å². The highest BCUT2D eigenvalue weighted by molar-refractivity contribution is 6.38. The number of carbonyl (C=O) groups excluding carboxylic acids is 6. The van der Waals surface area contributed by atoms with E-state index in [0.29, 0.717) is 6.42 Å². The normalized spacial score (nSPS) is 21.6. The Kier molecular flexibility index (Phi) is 12.3. The van der Waals surface area contributed by atoms with Crippen LogP contribution in [0.15, 0.2) is 12.7 Å². The van der Waals surface area contributed by atoms with Crippen LogP contribution in [0.2, 0.25) is 0 Å². The Morgan fingerprint density at radius 3 is 2.26 bits per heavy atom. The molecule has 1 heterocycles. The lowest BCUT2D eigenvalue weighted by Crippen LogP contribution is -2.58. The molecule has 12 heteroatoms. The van der Waals surface area contributed by atoms with Gasteiger partial charge in [0.05, 0.1) is 12.6 Å². The number of esters is 1. The fraction of sp³-hybridized carbons (Fsp3) is 0.742. The van der Waals surface area contributed by atoms with E-state index >= 15 is 0 Å². The summed E-state index contributed by atoms with van der Waals surface area (Å²) in [5.74, 6) is -3.28. The SMILES string of the molecule is C=CCNC(=O)C(=O)C(CCC)NC(=O)[C@@H]1C2C(CN1C(=O)C(CCC(=O)OC(C)(C)C)NC(=O)OCC(C)C)C2(C)C. The van der Waals surface area contributed by atoms with Crippen LogP contribution >= 0.6 is 0 Å². The quantitative estimate of drug-likeness (QED) is 0.146. The van der Waals surface area contributed by atoms with E-state index in [1.54, 1.807) is 20.8 Å². The Hall–Kier alpha value is -3.44. The zero-order chi connectivity index (χ0) is 32.7. The van der Waals surface area contributed by atoms with Gasteiger partial charge in [-0.1, -0.05) is 47.1 Å². The predicted octanol–water partition coefficient (Wildman–Crippen LogP) is 2.50. The van der Waals surface area contributed by atoms with Crippen LogP contribution < -0.4 is 16.0 Å². The van der Waals surface area contributed by atoms with Crippen molar-refractivity contribution < 1.29 is 38.2 Å². The molecule has 3 N–H and O–H groups in total. The van der Waals surface area contributed by atoms with Crippen molar-refractivity contribution >= 4 is 35.6 Å². The number of likely N-dealkylation sites (tertiary alicyclic amines) is 1. The maximum atomic E-state index is 14.0. The first-order chi connectivity index (χ1) is 19.9. The van der Waals surface area contributed by atoms with Crippen LogP contribution in [-0.2, 0) is 33.4 Å². The van der Waals surface area contributed by atoms with Crippen molar-refractivity contribution in [3.63, 3.8) is 0 Å². The van der Waals surface area contributed by atoms with Crippen molar-refractivity contribution in [3.05, 3.63) is 12.7 Å². The first kappa shape index (κ1) is 35.8. The van der Waals surface area contributed by atoms with Crippen LogP contribution in [0.5, 0.6) is 0 Å². The first-order valence-electron chi connectivity index (χ1n) is 15.1. The Balaban J connectivity index is 2.29. The molecule has 43 heavy (non-hydrogen) atoms. The second-order valence-electron chi connectivity index (χ2n) is 13.4. The highest BCUT2D eigenvalue weighted by atomic mass is 16.6. The monoisotopic (exact) mass is 606 g/mol. The number of Topliss-reactive ketones (excluding diaryl/α,β-unsaturated/α-hetero) is 1. The van der Waals surface area contributed by atoms with Gasteiger partial charge in [-0.3, -0.25) is 24.0 Å². The van der Waals surface area contributed by atoms with Gasteiger partial charge in [-0.05, 0) is 56.8 Å². The summed E-state index contributed by atoms with van der Waals surface area (Å²) in [5.41, 5.74) is -0.944. The van der Waals surface area contributed by atoms with E-state index in [2.05, 4.69) is 22.5 Å². The molecule has 1 aliphatic carbocycles. The molecule has 1 saturated heterocycles. The summed E-state index contributed by atoms with van der Waals surface area (Å²) in [7, 11) is 0. The van der Waals surface area contributed by atoms with Crippen molar-refractivity contribution in [1.82, 2.24) is 20.9 Å². The number of amides is 4. The van der Waals surface area contributed by atoms with Gasteiger partial charge in [0.25, 0.3) is 5.91 Å². The third kappa shape index (κ3) is 9.79. The largest absolute Gasteiger partial charge is 0.460 e. The van der Waals surface area contributed by atoms with E-state index in [1.165, 1.54) is 11.0 Å². The van der Waals surface area contributed by atoms with Crippen LogP contribution in [0.1, 0.15) is 81.1 Å². The molecule has 5 atom stereocenters. The first-order valence-corrected chi connectivity index (χ1v) is 15.1. The van der Waals surface area contributed by atoms with Gasteiger partial charge in [0.2, 0.25) is 17.6 Å². The molecule has 2 rings (SSSR count). The molecule has 2 fully saturated rings. The van der Waals surface area contributed by atoms with E-state index in [4.69, 9.17) is 9.47 Å². The van der Waals surface area contributed by atoms with E-state index < -0.39 is 59.3 Å². The van der Waals surface area contributed by atoms with Gasteiger partial charge in [0.15, 0.2) is 0 Å². The molecule has 1 saturated carbocycles. The number of ether oxygens (including phenoxy) is 2. The average molecular weight is 607 g/mol. The molecule has 0 radical (unpaired) electrons. The van der Waals surface area contributed by atoms with Gasteiger partial charge in [0.1, 0.15) is 17.7 Å². The molecule has 4 unspecified atom stereocenters. The molecule has 0 aromatic heterocycles. The Bertz CT molecular complexity index is 1080.